The molecule has 0 aromatic carbocycles. The molecule has 0 atom stereocenters. The predicted octanol–water partition coefficient (Wildman–Crippen LogP) is 2.71. The number of hydrogen-bond acceptors (Lipinski definition) is 3. The molecule has 0 spiro atoms. The van der Waals surface area contributed by atoms with Gasteiger partial charge in [-0.2, -0.15) is 0 Å². The first-order valence-electron chi connectivity index (χ1n) is 5.33. The van der Waals surface area contributed by atoms with Crippen LogP contribution in [0, 0.1) is 13.8 Å². The summed E-state index contributed by atoms with van der Waals surface area (Å²) in [7, 11) is 0. The van der Waals surface area contributed by atoms with Crippen molar-refractivity contribution in [3.8, 4) is 0 Å². The Kier molecular flexibility index (Phi) is 3.15. The highest BCUT2D eigenvalue weighted by Crippen LogP contribution is 2.13. The van der Waals surface area contributed by atoms with Crippen LogP contribution in [0.4, 0.5) is 5.69 Å². The third-order valence-electron chi connectivity index (χ3n) is 2.43. The third-order valence-corrected chi connectivity index (χ3v) is 2.43. The Morgan fingerprint density at radius 3 is 2.75 bits per heavy atom. The van der Waals surface area contributed by atoms with E-state index in [1.54, 1.807) is 6.20 Å². The fourth-order valence-corrected chi connectivity index (χ4v) is 1.57. The van der Waals surface area contributed by atoms with Gasteiger partial charge in [-0.3, -0.25) is 9.97 Å². The first-order chi connectivity index (χ1) is 7.75. The van der Waals surface area contributed by atoms with Crippen molar-refractivity contribution >= 4 is 5.69 Å². The van der Waals surface area contributed by atoms with Crippen molar-refractivity contribution in [1.82, 2.24) is 9.97 Å². The molecular formula is C13H15N3. The van der Waals surface area contributed by atoms with E-state index < -0.39 is 0 Å². The lowest BCUT2D eigenvalue weighted by atomic mass is 10.2. The van der Waals surface area contributed by atoms with E-state index >= 15 is 0 Å². The summed E-state index contributed by atoms with van der Waals surface area (Å²) in [5, 5.41) is 3.35. The standard InChI is InChI=1S/C13H15N3/c1-10-5-6-13(11(2)16-10)15-9-12-4-3-7-14-8-12/h3-8,15H,9H2,1-2H3. The molecule has 3 heteroatoms. The highest BCUT2D eigenvalue weighted by molar-refractivity contribution is 5.47. The van der Waals surface area contributed by atoms with Crippen LogP contribution in [-0.2, 0) is 6.54 Å². The highest BCUT2D eigenvalue weighted by atomic mass is 14.9. The molecule has 3 nitrogen and oxygen atoms in total. The van der Waals surface area contributed by atoms with Gasteiger partial charge in [0, 0.05) is 24.6 Å². The van der Waals surface area contributed by atoms with E-state index in [0.29, 0.717) is 0 Å². The van der Waals surface area contributed by atoms with Gasteiger partial charge in [-0.25, -0.2) is 0 Å². The molecule has 2 rings (SSSR count). The van der Waals surface area contributed by atoms with Crippen LogP contribution >= 0.6 is 0 Å². The summed E-state index contributed by atoms with van der Waals surface area (Å²) in [5.41, 5.74) is 4.32. The van der Waals surface area contributed by atoms with Crippen LogP contribution < -0.4 is 5.32 Å². The van der Waals surface area contributed by atoms with Crippen LogP contribution in [0.3, 0.4) is 0 Å². The van der Waals surface area contributed by atoms with Crippen LogP contribution in [0.25, 0.3) is 0 Å². The lowest BCUT2D eigenvalue weighted by molar-refractivity contribution is 1.07. The monoisotopic (exact) mass is 213 g/mol. The Hall–Kier alpha value is -1.90. The lowest BCUT2D eigenvalue weighted by Crippen LogP contribution is -2.02. The van der Waals surface area contributed by atoms with Crippen molar-refractivity contribution in [1.29, 1.82) is 0 Å². The van der Waals surface area contributed by atoms with Crippen molar-refractivity contribution in [2.75, 3.05) is 5.32 Å². The molecule has 0 amide bonds. The number of aryl methyl sites for hydroxylation is 2. The van der Waals surface area contributed by atoms with E-state index in [1.807, 2.05) is 32.2 Å². The lowest BCUT2D eigenvalue weighted by Gasteiger charge is -2.09. The maximum absolute atomic E-state index is 4.41. The molecule has 2 heterocycles. The van der Waals surface area contributed by atoms with Gasteiger partial charge in [0.25, 0.3) is 0 Å². The van der Waals surface area contributed by atoms with E-state index in [9.17, 15) is 0 Å². The van der Waals surface area contributed by atoms with Crippen LogP contribution in [0.15, 0.2) is 36.7 Å². The Morgan fingerprint density at radius 1 is 1.19 bits per heavy atom. The Labute approximate surface area is 95.6 Å². The van der Waals surface area contributed by atoms with Crippen molar-refractivity contribution in [2.45, 2.75) is 20.4 Å². The molecule has 0 fully saturated rings. The SMILES string of the molecule is Cc1ccc(NCc2cccnc2)c(C)n1. The second-order valence-electron chi connectivity index (χ2n) is 3.80. The average Bonchev–Trinajstić information content (AvgIpc) is 2.29. The zero-order chi connectivity index (χ0) is 11.4. The van der Waals surface area contributed by atoms with Gasteiger partial charge in [0.05, 0.1) is 11.4 Å². The van der Waals surface area contributed by atoms with Gasteiger partial charge in [0.2, 0.25) is 0 Å². The molecule has 0 bridgehead atoms. The van der Waals surface area contributed by atoms with Gasteiger partial charge in [0.1, 0.15) is 0 Å². The fraction of sp³-hybridized carbons (Fsp3) is 0.231. The minimum atomic E-state index is 0.777. The number of nitrogens with zero attached hydrogens (tertiary/aromatic N) is 2. The summed E-state index contributed by atoms with van der Waals surface area (Å²) in [4.78, 5) is 8.49. The smallest absolute Gasteiger partial charge is 0.0606 e. The van der Waals surface area contributed by atoms with E-state index in [1.165, 1.54) is 5.56 Å². The van der Waals surface area contributed by atoms with E-state index in [-0.39, 0.29) is 0 Å². The summed E-state index contributed by atoms with van der Waals surface area (Å²) in [6.45, 7) is 4.79. The molecule has 0 aliphatic rings. The summed E-state index contributed by atoms with van der Waals surface area (Å²) in [6, 6.07) is 8.07. The van der Waals surface area contributed by atoms with Crippen molar-refractivity contribution in [3.05, 3.63) is 53.6 Å². The van der Waals surface area contributed by atoms with Crippen LogP contribution in [0.5, 0.6) is 0 Å². The Balaban J connectivity index is 2.05. The fourth-order valence-electron chi connectivity index (χ4n) is 1.57. The number of pyridine rings is 2. The zero-order valence-corrected chi connectivity index (χ0v) is 9.57. The summed E-state index contributed by atoms with van der Waals surface area (Å²) in [5.74, 6) is 0. The molecule has 0 unspecified atom stereocenters. The Morgan fingerprint density at radius 2 is 2.06 bits per heavy atom. The normalized spacial score (nSPS) is 10.1. The molecule has 0 aliphatic heterocycles. The molecule has 0 saturated heterocycles. The number of hydrogen-bond donors (Lipinski definition) is 1. The summed E-state index contributed by atoms with van der Waals surface area (Å²) in [6.07, 6.45) is 3.64. The summed E-state index contributed by atoms with van der Waals surface area (Å²) < 4.78 is 0. The van der Waals surface area contributed by atoms with Crippen LogP contribution in [0.1, 0.15) is 17.0 Å². The maximum atomic E-state index is 4.41. The molecule has 16 heavy (non-hydrogen) atoms. The van der Waals surface area contributed by atoms with E-state index in [4.69, 9.17) is 0 Å². The zero-order valence-electron chi connectivity index (χ0n) is 9.57. The maximum Gasteiger partial charge on any atom is 0.0606 e. The quantitative estimate of drug-likeness (QED) is 0.851. The van der Waals surface area contributed by atoms with Crippen molar-refractivity contribution in [2.24, 2.45) is 0 Å². The Bertz CT molecular complexity index is 466. The van der Waals surface area contributed by atoms with Crippen molar-refractivity contribution < 1.29 is 0 Å². The molecule has 1 N–H and O–H groups in total. The largest absolute Gasteiger partial charge is 0.379 e. The van der Waals surface area contributed by atoms with Crippen molar-refractivity contribution in [3.63, 3.8) is 0 Å². The number of aromatic nitrogens is 2. The van der Waals surface area contributed by atoms with Gasteiger partial charge in [0.15, 0.2) is 0 Å². The molecule has 2 aromatic rings. The molecule has 82 valence electrons. The van der Waals surface area contributed by atoms with E-state index in [2.05, 4.69) is 27.4 Å². The predicted molar refractivity (Wildman–Crippen MR) is 65.3 cm³/mol. The van der Waals surface area contributed by atoms with Gasteiger partial charge in [-0.1, -0.05) is 6.07 Å². The second kappa shape index (κ2) is 4.75. The number of nitrogens with one attached hydrogen (secondary N) is 1. The topological polar surface area (TPSA) is 37.8 Å². The molecular weight excluding hydrogens is 198 g/mol. The van der Waals surface area contributed by atoms with Crippen LogP contribution in [0.2, 0.25) is 0 Å². The second-order valence-corrected chi connectivity index (χ2v) is 3.80. The van der Waals surface area contributed by atoms with Gasteiger partial charge in [-0.15, -0.1) is 0 Å². The average molecular weight is 213 g/mol. The first kappa shape index (κ1) is 10.6. The summed E-state index contributed by atoms with van der Waals surface area (Å²) >= 11 is 0. The van der Waals surface area contributed by atoms with E-state index in [0.717, 1.165) is 23.6 Å². The van der Waals surface area contributed by atoms with Gasteiger partial charge >= 0.3 is 0 Å². The van der Waals surface area contributed by atoms with Gasteiger partial charge < -0.3 is 5.32 Å². The highest BCUT2D eigenvalue weighted by Gasteiger charge is 1.99. The van der Waals surface area contributed by atoms with Crippen LogP contribution in [-0.4, -0.2) is 9.97 Å². The number of rotatable bonds is 3. The molecule has 0 saturated carbocycles. The molecule has 2 aromatic heterocycles. The van der Waals surface area contributed by atoms with Gasteiger partial charge in [-0.05, 0) is 37.6 Å². The third kappa shape index (κ3) is 2.57. The minimum absolute atomic E-state index is 0.777. The number of anilines is 1. The molecule has 0 aliphatic carbocycles. The first-order valence-corrected chi connectivity index (χ1v) is 5.33. The molecule has 0 radical (unpaired) electrons. The minimum Gasteiger partial charge on any atom is -0.379 e.